The maximum atomic E-state index is 12.3. The largest absolute Gasteiger partial charge is 0.353 e. The molecule has 0 spiro atoms. The first-order valence-corrected chi connectivity index (χ1v) is 8.13. The Morgan fingerprint density at radius 3 is 2.33 bits per heavy atom. The topological polar surface area (TPSA) is 72.5 Å². The summed E-state index contributed by atoms with van der Waals surface area (Å²) in [7, 11) is -3.78. The lowest BCUT2D eigenvalue weighted by Gasteiger charge is -2.15. The summed E-state index contributed by atoms with van der Waals surface area (Å²) >= 11 is 5.84. The Balaban J connectivity index is 2.22. The van der Waals surface area contributed by atoms with E-state index in [0.29, 0.717) is 16.3 Å². The van der Waals surface area contributed by atoms with Crippen LogP contribution in [0, 0.1) is 5.41 Å². The summed E-state index contributed by atoms with van der Waals surface area (Å²) in [5.41, 5.74) is 0.836. The van der Waals surface area contributed by atoms with E-state index in [-0.39, 0.29) is 16.3 Å². The summed E-state index contributed by atoms with van der Waals surface area (Å²) in [5.74, 6) is 0.229. The second kappa shape index (κ2) is 4.42. The molecule has 0 aliphatic carbocycles. The van der Waals surface area contributed by atoms with Gasteiger partial charge in [0.15, 0.2) is 4.90 Å². The van der Waals surface area contributed by atoms with Gasteiger partial charge in [-0.05, 0) is 12.1 Å². The highest BCUT2D eigenvalue weighted by Crippen LogP contribution is 2.39. The van der Waals surface area contributed by atoms with Gasteiger partial charge in [-0.25, -0.2) is 0 Å². The van der Waals surface area contributed by atoms with Crippen molar-refractivity contribution >= 4 is 27.3 Å². The van der Waals surface area contributed by atoms with E-state index < -0.39 is 15.4 Å². The average molecular weight is 325 g/mol. The molecule has 110 valence electrons. The van der Waals surface area contributed by atoms with Crippen LogP contribution in [0.5, 0.6) is 0 Å². The van der Waals surface area contributed by atoms with Crippen molar-refractivity contribution in [1.29, 1.82) is 0 Å². The normalized spacial score (nSPS) is 16.7. The van der Waals surface area contributed by atoms with Crippen LogP contribution >= 0.6 is 11.6 Å². The monoisotopic (exact) mass is 324 g/mol. The first kappa shape index (κ1) is 14.3. The highest BCUT2D eigenvalue weighted by Gasteiger charge is 2.42. The maximum absolute atomic E-state index is 12.3. The molecule has 1 aromatic heterocycles. The SMILES string of the molecule is CC(C)(C)C1=NS(=O)(=O)c2c(-c3ccc(Cl)cc3)noc21. The third-order valence-corrected chi connectivity index (χ3v) is 4.73. The van der Waals surface area contributed by atoms with Crippen LogP contribution in [0.2, 0.25) is 5.02 Å². The smallest absolute Gasteiger partial charge is 0.288 e. The van der Waals surface area contributed by atoms with Crippen LogP contribution in [0.4, 0.5) is 0 Å². The van der Waals surface area contributed by atoms with Crippen molar-refractivity contribution in [3.63, 3.8) is 0 Å². The molecule has 0 bridgehead atoms. The van der Waals surface area contributed by atoms with Gasteiger partial charge in [0.2, 0.25) is 5.76 Å². The van der Waals surface area contributed by atoms with Gasteiger partial charge < -0.3 is 4.52 Å². The molecule has 0 radical (unpaired) electrons. The third-order valence-electron chi connectivity index (χ3n) is 3.16. The molecular weight excluding hydrogens is 312 g/mol. The van der Waals surface area contributed by atoms with E-state index in [1.165, 1.54) is 0 Å². The summed E-state index contributed by atoms with van der Waals surface area (Å²) < 4.78 is 33.8. The third kappa shape index (κ3) is 2.28. The molecule has 1 aliphatic heterocycles. The highest BCUT2D eigenvalue weighted by atomic mass is 35.5. The minimum Gasteiger partial charge on any atom is -0.353 e. The summed E-state index contributed by atoms with van der Waals surface area (Å²) in [4.78, 5) is 0.0368. The summed E-state index contributed by atoms with van der Waals surface area (Å²) in [6.07, 6.45) is 0. The van der Waals surface area contributed by atoms with Crippen molar-refractivity contribution < 1.29 is 12.9 Å². The van der Waals surface area contributed by atoms with Gasteiger partial charge >= 0.3 is 0 Å². The van der Waals surface area contributed by atoms with Crippen LogP contribution in [0.3, 0.4) is 0 Å². The number of benzene rings is 1. The number of fused-ring (bicyclic) bond motifs is 1. The highest BCUT2D eigenvalue weighted by molar-refractivity contribution is 7.91. The number of nitrogens with zero attached hydrogens (tertiary/aromatic N) is 2. The second-order valence-electron chi connectivity index (χ2n) is 5.86. The quantitative estimate of drug-likeness (QED) is 0.804. The predicted molar refractivity (Wildman–Crippen MR) is 80.1 cm³/mol. The molecule has 2 aromatic rings. The molecule has 0 amide bonds. The van der Waals surface area contributed by atoms with Crippen molar-refractivity contribution in [2.75, 3.05) is 0 Å². The molecule has 0 saturated carbocycles. The molecule has 0 N–H and O–H groups in total. The average Bonchev–Trinajstić information content (AvgIpc) is 2.90. The second-order valence-corrected chi connectivity index (χ2v) is 7.84. The van der Waals surface area contributed by atoms with Gasteiger partial charge in [0.05, 0.1) is 0 Å². The van der Waals surface area contributed by atoms with Crippen LogP contribution in [0.15, 0.2) is 38.1 Å². The Morgan fingerprint density at radius 1 is 1.14 bits per heavy atom. The first-order valence-electron chi connectivity index (χ1n) is 6.31. The van der Waals surface area contributed by atoms with Crippen LogP contribution in [0.25, 0.3) is 11.3 Å². The molecule has 3 rings (SSSR count). The van der Waals surface area contributed by atoms with Gasteiger partial charge in [-0.15, -0.1) is 0 Å². The number of rotatable bonds is 1. The van der Waals surface area contributed by atoms with E-state index in [0.717, 1.165) is 0 Å². The predicted octanol–water partition coefficient (Wildman–Crippen LogP) is 3.53. The number of aromatic nitrogens is 1. The molecule has 7 heteroatoms. The van der Waals surface area contributed by atoms with Gasteiger partial charge in [-0.1, -0.05) is 49.7 Å². The molecule has 0 unspecified atom stereocenters. The van der Waals surface area contributed by atoms with E-state index in [9.17, 15) is 8.42 Å². The fourth-order valence-electron chi connectivity index (χ4n) is 2.15. The van der Waals surface area contributed by atoms with Crippen LogP contribution in [-0.2, 0) is 10.0 Å². The van der Waals surface area contributed by atoms with Gasteiger partial charge in [0.1, 0.15) is 11.4 Å². The Morgan fingerprint density at radius 2 is 1.76 bits per heavy atom. The van der Waals surface area contributed by atoms with Gasteiger partial charge in [0.25, 0.3) is 10.0 Å². The minimum absolute atomic E-state index is 0.0368. The van der Waals surface area contributed by atoms with Crippen molar-refractivity contribution in [1.82, 2.24) is 5.16 Å². The number of halogens is 1. The van der Waals surface area contributed by atoms with Crippen molar-refractivity contribution in [2.24, 2.45) is 9.81 Å². The standard InChI is InChI=1S/C14H13ClN2O3S/c1-14(2,3)13-11-12(21(18,19)17-13)10(16-20-11)8-4-6-9(15)7-5-8/h4-7H,1-3H3. The van der Waals surface area contributed by atoms with Crippen molar-refractivity contribution in [2.45, 2.75) is 25.7 Å². The Hall–Kier alpha value is -1.66. The number of sulfonamides is 1. The van der Waals surface area contributed by atoms with Crippen molar-refractivity contribution in [3.05, 3.63) is 35.0 Å². The van der Waals surface area contributed by atoms with Gasteiger partial charge in [0, 0.05) is 16.0 Å². The first-order chi connectivity index (χ1) is 9.70. The number of hydrogen-bond donors (Lipinski definition) is 0. The van der Waals surface area contributed by atoms with E-state index in [1.54, 1.807) is 24.3 Å². The Kier molecular flexibility index (Phi) is 3.00. The van der Waals surface area contributed by atoms with E-state index in [4.69, 9.17) is 16.1 Å². The molecule has 0 saturated heterocycles. The summed E-state index contributed by atoms with van der Waals surface area (Å²) in [5, 5.41) is 4.48. The lowest BCUT2D eigenvalue weighted by Crippen LogP contribution is -2.19. The lowest BCUT2D eigenvalue weighted by molar-refractivity contribution is 0.406. The zero-order valence-electron chi connectivity index (χ0n) is 11.7. The zero-order valence-corrected chi connectivity index (χ0v) is 13.3. The molecule has 5 nitrogen and oxygen atoms in total. The van der Waals surface area contributed by atoms with E-state index in [1.807, 2.05) is 20.8 Å². The van der Waals surface area contributed by atoms with Crippen LogP contribution in [0.1, 0.15) is 26.5 Å². The van der Waals surface area contributed by atoms with Crippen molar-refractivity contribution in [3.8, 4) is 11.3 Å². The summed E-state index contributed by atoms with van der Waals surface area (Å²) in [6.45, 7) is 5.63. The molecule has 1 aliphatic rings. The van der Waals surface area contributed by atoms with Crippen LogP contribution in [-0.4, -0.2) is 19.3 Å². The molecule has 2 heterocycles. The lowest BCUT2D eigenvalue weighted by atomic mass is 9.88. The molecule has 21 heavy (non-hydrogen) atoms. The number of hydrogen-bond acceptors (Lipinski definition) is 4. The fraction of sp³-hybridized carbons (Fsp3) is 0.286. The minimum atomic E-state index is -3.78. The molecule has 1 aromatic carbocycles. The fourth-order valence-corrected chi connectivity index (χ4v) is 3.73. The molecular formula is C14H13ClN2O3S. The maximum Gasteiger partial charge on any atom is 0.288 e. The Labute approximate surface area is 127 Å². The van der Waals surface area contributed by atoms with Crippen LogP contribution < -0.4 is 0 Å². The van der Waals surface area contributed by atoms with Gasteiger partial charge in [-0.3, -0.25) is 0 Å². The Bertz CT molecular complexity index is 843. The summed E-state index contributed by atoms with van der Waals surface area (Å²) in [6, 6.07) is 6.74. The van der Waals surface area contributed by atoms with E-state index in [2.05, 4.69) is 9.55 Å². The van der Waals surface area contributed by atoms with Gasteiger partial charge in [-0.2, -0.15) is 12.8 Å². The molecule has 0 fully saturated rings. The zero-order chi connectivity index (χ0) is 15.4. The van der Waals surface area contributed by atoms with E-state index >= 15 is 0 Å². The molecule has 0 atom stereocenters.